The van der Waals surface area contributed by atoms with Crippen LogP contribution < -0.4 is 0 Å². The van der Waals surface area contributed by atoms with Crippen molar-refractivity contribution in [1.82, 2.24) is 0 Å². The lowest BCUT2D eigenvalue weighted by atomic mass is 10.5. The van der Waals surface area contributed by atoms with Crippen LogP contribution in [0.3, 0.4) is 0 Å². The normalized spacial score (nSPS) is 6.44. The van der Waals surface area contributed by atoms with Gasteiger partial charge < -0.3 is 0 Å². The second-order valence-corrected chi connectivity index (χ2v) is 3.22. The van der Waals surface area contributed by atoms with Crippen LogP contribution in [0.5, 0.6) is 0 Å². The molecule has 0 spiro atoms. The molecule has 9 heavy (non-hydrogen) atoms. The maximum absolute atomic E-state index is 9.74. The van der Waals surface area contributed by atoms with Crippen LogP contribution >= 0.6 is 38.4 Å². The Morgan fingerprint density at radius 2 is 2.33 bits per heavy atom. The van der Waals surface area contributed by atoms with E-state index in [1.54, 1.807) is 6.07 Å². The largest absolute Gasteiger partial charge is 0.286 e. The minimum atomic E-state index is -0.259. The van der Waals surface area contributed by atoms with E-state index in [-0.39, 0.29) is 11.1 Å². The zero-order valence-corrected chi connectivity index (χ0v) is 8.09. The average molecular weight is 228 g/mol. The van der Waals surface area contributed by atoms with Crippen LogP contribution in [0.1, 0.15) is 6.42 Å². The topological polar surface area (TPSA) is 40.9 Å². The summed E-state index contributed by atoms with van der Waals surface area (Å²) in [5.41, 5.74) is 0. The third-order valence-electron chi connectivity index (χ3n) is 0.218. The van der Waals surface area contributed by atoms with Crippen molar-refractivity contribution in [2.45, 2.75) is 6.42 Å². The van der Waals surface area contributed by atoms with Crippen molar-refractivity contribution in [3.05, 3.63) is 0 Å². The first-order valence-electron chi connectivity index (χ1n) is 1.91. The third kappa shape index (κ3) is 30.1. The lowest BCUT2D eigenvalue weighted by Crippen LogP contribution is -1.76. The predicted molar refractivity (Wildman–Crippen MR) is 46.7 cm³/mol. The van der Waals surface area contributed by atoms with Crippen LogP contribution in [0, 0.1) is 11.3 Å². The van der Waals surface area contributed by atoms with E-state index in [1.807, 2.05) is 6.26 Å². The van der Waals surface area contributed by atoms with Gasteiger partial charge in [-0.15, -0.1) is 22.5 Å². The summed E-state index contributed by atoms with van der Waals surface area (Å²) < 4.78 is -0.259. The second kappa shape index (κ2) is 11.2. The summed E-state index contributed by atoms with van der Waals surface area (Å²) in [5, 5.41) is 7.74. The minimum Gasteiger partial charge on any atom is -0.286 e. The van der Waals surface area contributed by atoms with Crippen molar-refractivity contribution in [3.63, 3.8) is 0 Å². The molecule has 2 nitrogen and oxygen atoms in total. The maximum atomic E-state index is 9.74. The Kier molecular flexibility index (Phi) is 15.0. The average Bonchev–Trinajstić information content (AvgIpc) is 1.67. The highest BCUT2D eigenvalue weighted by Crippen LogP contribution is 1.91. The van der Waals surface area contributed by atoms with Crippen molar-refractivity contribution in [2.24, 2.45) is 0 Å². The lowest BCUT2D eigenvalue weighted by molar-refractivity contribution is -0.109. The van der Waals surface area contributed by atoms with Gasteiger partial charge in [-0.3, -0.25) is 4.79 Å². The van der Waals surface area contributed by atoms with Gasteiger partial charge in [0.05, 0.1) is 6.07 Å². The second-order valence-electron chi connectivity index (χ2n) is 0.873. The van der Waals surface area contributed by atoms with E-state index in [1.165, 1.54) is 10.8 Å². The van der Waals surface area contributed by atoms with E-state index in [2.05, 4.69) is 27.6 Å². The zero-order valence-electron chi connectivity index (χ0n) is 4.80. The molecule has 0 atom stereocenters. The fraction of sp³-hybridized carbons (Fsp3) is 0.500. The van der Waals surface area contributed by atoms with Gasteiger partial charge in [-0.2, -0.15) is 5.26 Å². The fourth-order valence-corrected chi connectivity index (χ4v) is 0.188. The van der Waals surface area contributed by atoms with Gasteiger partial charge >= 0.3 is 0 Å². The van der Waals surface area contributed by atoms with Crippen molar-refractivity contribution >= 4 is 43.1 Å². The molecule has 0 unspecified atom stereocenters. The molecule has 0 fully saturated rings. The van der Waals surface area contributed by atoms with E-state index in [0.29, 0.717) is 0 Å². The molecule has 0 heterocycles. The van der Waals surface area contributed by atoms with Crippen LogP contribution in [-0.2, 0) is 4.79 Å². The molecule has 0 saturated carbocycles. The quantitative estimate of drug-likeness (QED) is 0.424. The molecule has 0 radical (unpaired) electrons. The number of nitrogens with zero attached hydrogens (tertiary/aromatic N) is 1. The summed E-state index contributed by atoms with van der Waals surface area (Å²) in [5.74, 6) is 0. The lowest BCUT2D eigenvalue weighted by Gasteiger charge is -1.66. The fourth-order valence-electron chi connectivity index (χ4n) is 0.0622. The molecule has 0 N–H and O–H groups in total. The number of thiol groups is 1. The molecule has 0 aliphatic carbocycles. The Hall–Kier alpha value is 0.340. The molecule has 0 aromatic carbocycles. The molecule has 0 amide bonds. The number of carbonyl (C=O) groups is 1. The van der Waals surface area contributed by atoms with Crippen LogP contribution in [0.2, 0.25) is 0 Å². The third-order valence-corrected chi connectivity index (χ3v) is 0.498. The first-order chi connectivity index (χ1) is 4.18. The van der Waals surface area contributed by atoms with Crippen LogP contribution in [0.25, 0.3) is 0 Å². The highest BCUT2D eigenvalue weighted by atomic mass is 79.9. The molecule has 0 aliphatic rings. The Bertz CT molecular complexity index is 112. The summed E-state index contributed by atoms with van der Waals surface area (Å²) in [7, 11) is 1.44. The first kappa shape index (κ1) is 12.1. The van der Waals surface area contributed by atoms with Gasteiger partial charge in [0.2, 0.25) is 4.69 Å². The van der Waals surface area contributed by atoms with E-state index < -0.39 is 0 Å². The Morgan fingerprint density at radius 1 is 2.00 bits per heavy atom. The highest BCUT2D eigenvalue weighted by molar-refractivity contribution is 9.18. The van der Waals surface area contributed by atoms with Crippen molar-refractivity contribution in [2.75, 3.05) is 6.26 Å². The van der Waals surface area contributed by atoms with Gasteiger partial charge in [-0.1, -0.05) is 0 Å². The number of hydrogen-bond acceptors (Lipinski definition) is 4. The number of rotatable bonds is 1. The van der Waals surface area contributed by atoms with E-state index in [0.717, 1.165) is 0 Å². The molecule has 52 valence electrons. The van der Waals surface area contributed by atoms with E-state index in [4.69, 9.17) is 5.26 Å². The van der Waals surface area contributed by atoms with Crippen molar-refractivity contribution in [1.29, 1.82) is 5.26 Å². The van der Waals surface area contributed by atoms with Crippen molar-refractivity contribution < 1.29 is 4.79 Å². The molecule has 0 aromatic heterocycles. The summed E-state index contributed by atoms with van der Waals surface area (Å²) in [6.07, 6.45) is 1.86. The molecule has 0 rings (SSSR count). The summed E-state index contributed by atoms with van der Waals surface area (Å²) in [6, 6.07) is 1.67. The Morgan fingerprint density at radius 3 is 2.33 bits per heavy atom. The maximum Gasteiger partial charge on any atom is 0.211 e. The molecule has 0 aliphatic heterocycles. The molecular formula is C4H6BrNOS2. The Labute approximate surface area is 71.9 Å². The molecule has 5 heteroatoms. The standard InChI is InChI=1S/C3H2BrNO.CH4S2/c4-3(6)1-2-5;1-3-2/h1H2;2H,1H3. The SMILES string of the molecule is CSS.N#CCC(=O)Br. The van der Waals surface area contributed by atoms with Gasteiger partial charge in [0, 0.05) is 0 Å². The predicted octanol–water partition coefficient (Wildman–Crippen LogP) is 2.02. The summed E-state index contributed by atoms with van der Waals surface area (Å²) in [6.45, 7) is 0. The van der Waals surface area contributed by atoms with Gasteiger partial charge in [0.1, 0.15) is 6.42 Å². The van der Waals surface area contributed by atoms with Gasteiger partial charge in [-0.05, 0) is 22.2 Å². The zero-order chi connectivity index (χ0) is 7.70. The molecule has 0 bridgehead atoms. The number of carbonyl (C=O) groups excluding carboxylic acids is 1. The van der Waals surface area contributed by atoms with Gasteiger partial charge in [-0.25, -0.2) is 0 Å². The highest BCUT2D eigenvalue weighted by Gasteiger charge is 1.86. The molecule has 0 aromatic rings. The summed E-state index contributed by atoms with van der Waals surface area (Å²) >= 11 is 6.28. The van der Waals surface area contributed by atoms with Gasteiger partial charge in [0.15, 0.2) is 0 Å². The minimum absolute atomic E-state index is 0.0417. The Balaban J connectivity index is 0. The summed E-state index contributed by atoms with van der Waals surface area (Å²) in [4.78, 5) is 9.74. The monoisotopic (exact) mass is 227 g/mol. The van der Waals surface area contributed by atoms with Crippen LogP contribution in [0.15, 0.2) is 0 Å². The first-order valence-corrected chi connectivity index (χ1v) is 4.98. The van der Waals surface area contributed by atoms with Crippen molar-refractivity contribution in [3.8, 4) is 6.07 Å². The van der Waals surface area contributed by atoms with E-state index in [9.17, 15) is 4.79 Å². The number of nitriles is 1. The van der Waals surface area contributed by atoms with Gasteiger partial charge in [0.25, 0.3) is 0 Å². The number of hydrogen-bond donors (Lipinski definition) is 1. The molecule has 0 saturated heterocycles. The number of halogens is 1. The smallest absolute Gasteiger partial charge is 0.211 e. The van der Waals surface area contributed by atoms with Crippen LogP contribution in [0.4, 0.5) is 0 Å². The molecular weight excluding hydrogens is 222 g/mol. The van der Waals surface area contributed by atoms with Crippen LogP contribution in [-0.4, -0.2) is 10.9 Å². The van der Waals surface area contributed by atoms with E-state index >= 15 is 0 Å².